The number of rotatable bonds is 7. The van der Waals surface area contributed by atoms with Crippen LogP contribution in [0.25, 0.3) is 11.0 Å². The van der Waals surface area contributed by atoms with Crippen molar-refractivity contribution >= 4 is 22.8 Å². The Hall–Kier alpha value is -2.89. The Kier molecular flexibility index (Phi) is 5.89. The Balaban J connectivity index is 2.25. The van der Waals surface area contributed by atoms with Crippen molar-refractivity contribution in [3.8, 4) is 5.75 Å². The SMILES string of the molecule is C=CCNC(=O)c1cc2ccc(OC(=O)CCCC)cc2oc1=O. The number of nitrogens with one attached hydrogen (secondary N) is 1. The number of benzene rings is 1. The quantitative estimate of drug-likeness (QED) is 0.365. The molecular weight excluding hydrogens is 310 g/mol. The number of ether oxygens (including phenoxy) is 1. The minimum atomic E-state index is -0.751. The molecule has 126 valence electrons. The number of amides is 1. The zero-order valence-corrected chi connectivity index (χ0v) is 13.5. The van der Waals surface area contributed by atoms with Crippen molar-refractivity contribution in [1.29, 1.82) is 0 Å². The van der Waals surface area contributed by atoms with Crippen LogP contribution in [0.3, 0.4) is 0 Å². The van der Waals surface area contributed by atoms with E-state index in [9.17, 15) is 14.4 Å². The van der Waals surface area contributed by atoms with Crippen molar-refractivity contribution in [2.24, 2.45) is 0 Å². The topological polar surface area (TPSA) is 85.6 Å². The molecule has 0 spiro atoms. The van der Waals surface area contributed by atoms with Gasteiger partial charge < -0.3 is 14.5 Å². The lowest BCUT2D eigenvalue weighted by atomic mass is 10.1. The van der Waals surface area contributed by atoms with Crippen LogP contribution in [0.2, 0.25) is 0 Å². The molecule has 6 heteroatoms. The van der Waals surface area contributed by atoms with Gasteiger partial charge in [0, 0.05) is 24.4 Å². The van der Waals surface area contributed by atoms with Crippen LogP contribution in [0.4, 0.5) is 0 Å². The summed E-state index contributed by atoms with van der Waals surface area (Å²) in [5, 5.41) is 3.09. The summed E-state index contributed by atoms with van der Waals surface area (Å²) < 4.78 is 10.4. The number of fused-ring (bicyclic) bond motifs is 1. The van der Waals surface area contributed by atoms with Gasteiger partial charge >= 0.3 is 11.6 Å². The van der Waals surface area contributed by atoms with Gasteiger partial charge in [-0.1, -0.05) is 19.4 Å². The fourth-order valence-corrected chi connectivity index (χ4v) is 2.08. The molecule has 0 saturated heterocycles. The normalized spacial score (nSPS) is 10.4. The predicted octanol–water partition coefficient (Wildman–Crippen LogP) is 2.80. The summed E-state index contributed by atoms with van der Waals surface area (Å²) in [7, 11) is 0. The van der Waals surface area contributed by atoms with E-state index in [1.54, 1.807) is 12.1 Å². The number of unbranched alkanes of at least 4 members (excludes halogenated alkanes) is 1. The Morgan fingerprint density at radius 2 is 2.12 bits per heavy atom. The second-order valence-electron chi connectivity index (χ2n) is 5.22. The summed E-state index contributed by atoms with van der Waals surface area (Å²) in [6.45, 7) is 5.73. The third-order valence-electron chi connectivity index (χ3n) is 3.33. The van der Waals surface area contributed by atoms with E-state index in [0.29, 0.717) is 17.6 Å². The average molecular weight is 329 g/mol. The molecule has 0 aliphatic rings. The monoisotopic (exact) mass is 329 g/mol. The van der Waals surface area contributed by atoms with Crippen molar-refractivity contribution in [3.63, 3.8) is 0 Å². The molecule has 24 heavy (non-hydrogen) atoms. The molecule has 0 atom stereocenters. The maximum absolute atomic E-state index is 12.0. The van der Waals surface area contributed by atoms with E-state index < -0.39 is 11.5 Å². The van der Waals surface area contributed by atoms with Gasteiger partial charge in [0.1, 0.15) is 16.9 Å². The van der Waals surface area contributed by atoms with Crippen molar-refractivity contribution in [3.05, 3.63) is 52.9 Å². The van der Waals surface area contributed by atoms with Gasteiger partial charge in [0.05, 0.1) is 0 Å². The second kappa shape index (κ2) is 8.10. The molecule has 0 aliphatic heterocycles. The lowest BCUT2D eigenvalue weighted by Crippen LogP contribution is -2.28. The van der Waals surface area contributed by atoms with Crippen LogP contribution in [0, 0.1) is 0 Å². The molecule has 6 nitrogen and oxygen atoms in total. The van der Waals surface area contributed by atoms with E-state index in [0.717, 1.165) is 12.8 Å². The summed E-state index contributed by atoms with van der Waals surface area (Å²) in [6.07, 6.45) is 3.50. The van der Waals surface area contributed by atoms with E-state index in [1.807, 2.05) is 6.92 Å². The van der Waals surface area contributed by atoms with Gasteiger partial charge in [0.2, 0.25) is 0 Å². The first-order valence-corrected chi connectivity index (χ1v) is 7.72. The highest BCUT2D eigenvalue weighted by Gasteiger charge is 2.14. The zero-order valence-electron chi connectivity index (χ0n) is 13.5. The lowest BCUT2D eigenvalue weighted by Gasteiger charge is -2.06. The summed E-state index contributed by atoms with van der Waals surface area (Å²) in [5.74, 6) is -0.560. The van der Waals surface area contributed by atoms with Crippen LogP contribution in [0.5, 0.6) is 5.75 Å². The first-order chi connectivity index (χ1) is 11.5. The van der Waals surface area contributed by atoms with Gasteiger partial charge in [-0.15, -0.1) is 6.58 Å². The number of carbonyl (C=O) groups is 2. The first kappa shape index (κ1) is 17.5. The Labute approximate surface area is 139 Å². The van der Waals surface area contributed by atoms with Crippen LogP contribution in [-0.2, 0) is 4.79 Å². The molecule has 1 aromatic heterocycles. The molecule has 0 unspecified atom stereocenters. The average Bonchev–Trinajstić information content (AvgIpc) is 2.57. The summed E-state index contributed by atoms with van der Waals surface area (Å²) in [6, 6.07) is 6.14. The van der Waals surface area contributed by atoms with Crippen LogP contribution >= 0.6 is 0 Å². The molecule has 0 saturated carbocycles. The number of hydrogen-bond donors (Lipinski definition) is 1. The molecule has 1 amide bonds. The second-order valence-corrected chi connectivity index (χ2v) is 5.22. The maximum atomic E-state index is 12.0. The van der Waals surface area contributed by atoms with Crippen molar-refractivity contribution in [2.45, 2.75) is 26.2 Å². The van der Waals surface area contributed by atoms with Gasteiger partial charge in [-0.3, -0.25) is 9.59 Å². The van der Waals surface area contributed by atoms with Gasteiger partial charge in [0.25, 0.3) is 5.91 Å². The van der Waals surface area contributed by atoms with E-state index >= 15 is 0 Å². The van der Waals surface area contributed by atoms with Crippen LogP contribution in [0.15, 0.2) is 46.1 Å². The number of carbonyl (C=O) groups excluding carboxylic acids is 2. The first-order valence-electron chi connectivity index (χ1n) is 7.72. The molecule has 0 bridgehead atoms. The van der Waals surface area contributed by atoms with Crippen LogP contribution < -0.4 is 15.7 Å². The highest BCUT2D eigenvalue weighted by molar-refractivity contribution is 5.96. The smallest absolute Gasteiger partial charge is 0.349 e. The van der Waals surface area contributed by atoms with Gasteiger partial charge in [0.15, 0.2) is 0 Å². The molecule has 1 heterocycles. The zero-order chi connectivity index (χ0) is 17.5. The van der Waals surface area contributed by atoms with E-state index in [4.69, 9.17) is 9.15 Å². The van der Waals surface area contributed by atoms with Crippen molar-refractivity contribution < 1.29 is 18.7 Å². The number of esters is 1. The van der Waals surface area contributed by atoms with E-state index in [2.05, 4.69) is 11.9 Å². The summed E-state index contributed by atoms with van der Waals surface area (Å²) >= 11 is 0. The van der Waals surface area contributed by atoms with E-state index in [1.165, 1.54) is 18.2 Å². The van der Waals surface area contributed by atoms with Crippen LogP contribution in [-0.4, -0.2) is 18.4 Å². The predicted molar refractivity (Wildman–Crippen MR) is 90.2 cm³/mol. The molecule has 1 N–H and O–H groups in total. The fourth-order valence-electron chi connectivity index (χ4n) is 2.08. The summed E-state index contributed by atoms with van der Waals surface area (Å²) in [5.41, 5.74) is -0.586. The number of hydrogen-bond acceptors (Lipinski definition) is 5. The molecular formula is C18H19NO5. The highest BCUT2D eigenvalue weighted by atomic mass is 16.5. The van der Waals surface area contributed by atoms with E-state index in [-0.39, 0.29) is 23.7 Å². The third kappa shape index (κ3) is 4.32. The van der Waals surface area contributed by atoms with Gasteiger partial charge in [-0.05, 0) is 24.6 Å². The Morgan fingerprint density at radius 1 is 1.33 bits per heavy atom. The molecule has 0 radical (unpaired) electrons. The molecule has 0 aliphatic carbocycles. The molecule has 2 aromatic rings. The van der Waals surface area contributed by atoms with Gasteiger partial charge in [-0.2, -0.15) is 0 Å². The fraction of sp³-hybridized carbons (Fsp3) is 0.278. The molecule has 2 rings (SSSR count). The Morgan fingerprint density at radius 3 is 2.83 bits per heavy atom. The third-order valence-corrected chi connectivity index (χ3v) is 3.33. The van der Waals surface area contributed by atoms with Crippen LogP contribution in [0.1, 0.15) is 36.5 Å². The maximum Gasteiger partial charge on any atom is 0.349 e. The Bertz CT molecular complexity index is 822. The molecule has 1 aromatic carbocycles. The highest BCUT2D eigenvalue weighted by Crippen LogP contribution is 2.21. The van der Waals surface area contributed by atoms with Crippen molar-refractivity contribution in [1.82, 2.24) is 5.32 Å². The van der Waals surface area contributed by atoms with Gasteiger partial charge in [-0.25, -0.2) is 4.79 Å². The lowest BCUT2D eigenvalue weighted by molar-refractivity contribution is -0.134. The molecule has 0 fully saturated rings. The minimum absolute atomic E-state index is 0.0861. The standard InChI is InChI=1S/C18H19NO5/c1-3-5-6-16(20)23-13-8-7-12-10-14(17(21)19-9-4-2)18(22)24-15(12)11-13/h4,7-8,10-11H,2-3,5-6,9H2,1H3,(H,19,21). The minimum Gasteiger partial charge on any atom is -0.426 e. The van der Waals surface area contributed by atoms with Crippen molar-refractivity contribution in [2.75, 3.05) is 6.54 Å². The largest absolute Gasteiger partial charge is 0.426 e. The summed E-state index contributed by atoms with van der Waals surface area (Å²) in [4.78, 5) is 35.5.